The Kier molecular flexibility index (Phi) is 5.22. The van der Waals surface area contributed by atoms with E-state index in [-0.39, 0.29) is 29.4 Å². The van der Waals surface area contributed by atoms with E-state index >= 15 is 0 Å². The van der Waals surface area contributed by atoms with E-state index in [0.29, 0.717) is 39.7 Å². The first-order valence-corrected chi connectivity index (χ1v) is 10.5. The summed E-state index contributed by atoms with van der Waals surface area (Å²) >= 11 is 12.3. The zero-order valence-corrected chi connectivity index (χ0v) is 18.2. The second-order valence-electron chi connectivity index (χ2n) is 8.62. The Morgan fingerprint density at radius 2 is 1.73 bits per heavy atom. The van der Waals surface area contributed by atoms with Crippen molar-refractivity contribution in [1.29, 1.82) is 5.26 Å². The van der Waals surface area contributed by atoms with Crippen LogP contribution in [-0.4, -0.2) is 11.7 Å². The summed E-state index contributed by atoms with van der Waals surface area (Å²) in [5.41, 5.74) is 3.18. The largest absolute Gasteiger partial charge is 0.294 e. The fourth-order valence-electron chi connectivity index (χ4n) is 4.41. The number of carbonyl (C=O) groups excluding carboxylic acids is 2. The van der Waals surface area contributed by atoms with E-state index < -0.39 is 0 Å². The molecule has 2 aromatic carbocycles. The lowest BCUT2D eigenvalue weighted by molar-refractivity contribution is -0.121. The maximum Gasteiger partial charge on any atom is 0.232 e. The maximum absolute atomic E-state index is 13.3. The molecule has 30 heavy (non-hydrogen) atoms. The van der Waals surface area contributed by atoms with E-state index in [9.17, 15) is 9.59 Å². The summed E-state index contributed by atoms with van der Waals surface area (Å²) in [7, 11) is 0. The molecule has 4 nitrogen and oxygen atoms in total. The van der Waals surface area contributed by atoms with Crippen molar-refractivity contribution in [3.8, 4) is 6.07 Å². The molecule has 1 aliphatic carbocycles. The van der Waals surface area contributed by atoms with Crippen molar-refractivity contribution in [3.63, 3.8) is 0 Å². The highest BCUT2D eigenvalue weighted by Crippen LogP contribution is 2.48. The number of amides is 1. The molecule has 4 rings (SSSR count). The van der Waals surface area contributed by atoms with E-state index in [2.05, 4.69) is 6.07 Å². The van der Waals surface area contributed by atoms with Crippen LogP contribution in [0.2, 0.25) is 10.0 Å². The molecule has 0 aromatic heterocycles. The lowest BCUT2D eigenvalue weighted by Crippen LogP contribution is -2.43. The van der Waals surface area contributed by atoms with Gasteiger partial charge in [0.25, 0.3) is 0 Å². The molecule has 6 heteroatoms. The van der Waals surface area contributed by atoms with E-state index in [1.165, 1.54) is 0 Å². The van der Waals surface area contributed by atoms with E-state index in [0.717, 1.165) is 11.3 Å². The minimum absolute atomic E-state index is 0.0588. The summed E-state index contributed by atoms with van der Waals surface area (Å²) in [6.45, 7) is 4.08. The highest BCUT2D eigenvalue weighted by atomic mass is 35.5. The minimum atomic E-state index is -0.347. The number of rotatable bonds is 2. The Hall–Kier alpha value is -2.61. The number of Topliss-reactive ketones (excluding diaryl/α,β-unsaturated/α-hetero) is 1. The van der Waals surface area contributed by atoms with E-state index in [4.69, 9.17) is 28.5 Å². The van der Waals surface area contributed by atoms with Crippen LogP contribution in [0.5, 0.6) is 0 Å². The van der Waals surface area contributed by atoms with Crippen LogP contribution in [0.4, 0.5) is 5.69 Å². The summed E-state index contributed by atoms with van der Waals surface area (Å²) in [6, 6.07) is 14.3. The van der Waals surface area contributed by atoms with Gasteiger partial charge in [0.15, 0.2) is 5.78 Å². The molecular formula is C24H20Cl2N2O2. The molecule has 2 aliphatic rings. The van der Waals surface area contributed by atoms with Gasteiger partial charge >= 0.3 is 0 Å². The first-order chi connectivity index (χ1) is 14.2. The van der Waals surface area contributed by atoms with E-state index in [1.54, 1.807) is 41.3 Å². The molecule has 0 N–H and O–H groups in total. The Morgan fingerprint density at radius 3 is 2.37 bits per heavy atom. The molecule has 1 aliphatic heterocycles. The second kappa shape index (κ2) is 7.58. The Labute approximate surface area is 185 Å². The van der Waals surface area contributed by atoms with Crippen molar-refractivity contribution >= 4 is 40.6 Å². The lowest BCUT2D eigenvalue weighted by Gasteiger charge is -2.43. The van der Waals surface area contributed by atoms with Gasteiger partial charge in [-0.2, -0.15) is 5.26 Å². The molecule has 0 bridgehead atoms. The molecule has 0 saturated carbocycles. The number of nitrogens with zero attached hydrogens (tertiary/aromatic N) is 2. The van der Waals surface area contributed by atoms with Crippen LogP contribution >= 0.6 is 23.2 Å². The second-order valence-corrected chi connectivity index (χ2v) is 9.43. The number of allylic oxidation sites excluding steroid dienone is 2. The van der Waals surface area contributed by atoms with Crippen LogP contribution in [0, 0.1) is 16.7 Å². The molecule has 0 fully saturated rings. The first-order valence-electron chi connectivity index (χ1n) is 9.74. The number of anilines is 1. The van der Waals surface area contributed by atoms with Crippen LogP contribution in [-0.2, 0) is 9.59 Å². The Bertz CT molecular complexity index is 1130. The molecule has 1 unspecified atom stereocenters. The third-order valence-corrected chi connectivity index (χ3v) is 6.48. The predicted molar refractivity (Wildman–Crippen MR) is 118 cm³/mol. The Balaban J connectivity index is 1.88. The van der Waals surface area contributed by atoms with Crippen molar-refractivity contribution in [2.75, 3.05) is 4.90 Å². The molecule has 2 aromatic rings. The normalized spacial score (nSPS) is 20.8. The van der Waals surface area contributed by atoms with Crippen molar-refractivity contribution in [2.45, 2.75) is 39.0 Å². The van der Waals surface area contributed by atoms with Crippen molar-refractivity contribution in [2.24, 2.45) is 5.41 Å². The van der Waals surface area contributed by atoms with Crippen LogP contribution in [0.1, 0.15) is 50.2 Å². The molecule has 1 amide bonds. The average Bonchev–Trinajstić information content (AvgIpc) is 2.68. The molecule has 0 saturated heterocycles. The van der Waals surface area contributed by atoms with Gasteiger partial charge in [-0.1, -0.05) is 43.1 Å². The summed E-state index contributed by atoms with van der Waals surface area (Å²) in [5.74, 6) is -0.371. The molecule has 1 atom stereocenters. The van der Waals surface area contributed by atoms with Crippen molar-refractivity contribution in [3.05, 3.63) is 74.9 Å². The fourth-order valence-corrected chi connectivity index (χ4v) is 4.72. The van der Waals surface area contributed by atoms with Crippen molar-refractivity contribution in [1.82, 2.24) is 0 Å². The van der Waals surface area contributed by atoms with Gasteiger partial charge in [0.05, 0.1) is 21.7 Å². The van der Waals surface area contributed by atoms with Crippen LogP contribution in [0.3, 0.4) is 0 Å². The fraction of sp³-hybridized carbons (Fsp3) is 0.292. The maximum atomic E-state index is 13.3. The summed E-state index contributed by atoms with van der Waals surface area (Å²) in [5, 5.41) is 9.92. The third-order valence-electron chi connectivity index (χ3n) is 5.74. The van der Waals surface area contributed by atoms with Gasteiger partial charge in [-0.05, 0) is 53.8 Å². The standard InChI is InChI=1S/C24H20Cl2N2O2/c1-24(2)11-20-23(21(29)12-24)17(15-5-8-18(25)19(26)9-15)10-22(30)28(20)16-6-3-14(13-27)4-7-16/h3-9,17H,10-12H2,1-2H3. The molecule has 0 radical (unpaired) electrons. The zero-order valence-electron chi connectivity index (χ0n) is 16.7. The van der Waals surface area contributed by atoms with Gasteiger partial charge in [0.2, 0.25) is 5.91 Å². The smallest absolute Gasteiger partial charge is 0.232 e. The first kappa shape index (κ1) is 20.7. The van der Waals surface area contributed by atoms with Gasteiger partial charge in [-0.15, -0.1) is 0 Å². The summed E-state index contributed by atoms with van der Waals surface area (Å²) < 4.78 is 0. The van der Waals surface area contributed by atoms with Gasteiger partial charge in [0, 0.05) is 35.7 Å². The zero-order chi connectivity index (χ0) is 21.6. The highest BCUT2D eigenvalue weighted by Gasteiger charge is 2.44. The van der Waals surface area contributed by atoms with E-state index in [1.807, 2.05) is 19.9 Å². The van der Waals surface area contributed by atoms with Crippen LogP contribution < -0.4 is 4.90 Å². The van der Waals surface area contributed by atoms with Gasteiger partial charge in [-0.25, -0.2) is 0 Å². The number of benzene rings is 2. The lowest BCUT2D eigenvalue weighted by atomic mass is 9.69. The summed E-state index contributed by atoms with van der Waals surface area (Å²) in [4.78, 5) is 28.2. The van der Waals surface area contributed by atoms with Gasteiger partial charge < -0.3 is 0 Å². The molecule has 1 heterocycles. The third kappa shape index (κ3) is 3.64. The van der Waals surface area contributed by atoms with Gasteiger partial charge in [0.1, 0.15) is 0 Å². The minimum Gasteiger partial charge on any atom is -0.294 e. The number of carbonyl (C=O) groups is 2. The summed E-state index contributed by atoms with van der Waals surface area (Å²) in [6.07, 6.45) is 1.21. The Morgan fingerprint density at radius 1 is 1.03 bits per heavy atom. The van der Waals surface area contributed by atoms with Crippen LogP contribution in [0.25, 0.3) is 0 Å². The number of hydrogen-bond acceptors (Lipinski definition) is 3. The monoisotopic (exact) mass is 438 g/mol. The quantitative estimate of drug-likeness (QED) is 0.574. The topological polar surface area (TPSA) is 61.2 Å². The number of nitriles is 1. The highest BCUT2D eigenvalue weighted by molar-refractivity contribution is 6.42. The number of ketones is 1. The molecule has 0 spiro atoms. The predicted octanol–water partition coefficient (Wildman–Crippen LogP) is 6.03. The average molecular weight is 439 g/mol. The van der Waals surface area contributed by atoms with Gasteiger partial charge in [-0.3, -0.25) is 14.5 Å². The number of hydrogen-bond donors (Lipinski definition) is 0. The van der Waals surface area contributed by atoms with Crippen LogP contribution in [0.15, 0.2) is 53.7 Å². The number of halogens is 2. The van der Waals surface area contributed by atoms with Crippen molar-refractivity contribution < 1.29 is 9.59 Å². The SMILES string of the molecule is CC1(C)CC(=O)C2=C(C1)N(c1ccc(C#N)cc1)C(=O)CC2c1ccc(Cl)c(Cl)c1. The molecular weight excluding hydrogens is 419 g/mol. The molecule has 152 valence electrons.